The van der Waals surface area contributed by atoms with Gasteiger partial charge in [-0.15, -0.1) is 0 Å². The molecule has 0 spiro atoms. The summed E-state index contributed by atoms with van der Waals surface area (Å²) in [4.78, 5) is 36.1. The zero-order chi connectivity index (χ0) is 30.1. The molecule has 220 valence electrons. The molecule has 2 aromatic heterocycles. The number of anilines is 1. The SMILES string of the molecule is CC(C)c1cccc(C(C)C)c1NC(=O)NC1(C(=O)NCC(C)(C)c2ccccn2)CCc2[nH]c3ccccc3c2C1. The van der Waals surface area contributed by atoms with Gasteiger partial charge >= 0.3 is 6.03 Å². The monoisotopic (exact) mass is 565 g/mol. The van der Waals surface area contributed by atoms with Crippen LogP contribution in [-0.4, -0.2) is 34.0 Å². The van der Waals surface area contributed by atoms with Crippen LogP contribution in [0.3, 0.4) is 0 Å². The summed E-state index contributed by atoms with van der Waals surface area (Å²) in [5.74, 6) is 0.279. The molecule has 7 nitrogen and oxygen atoms in total. The quantitative estimate of drug-likeness (QED) is 0.186. The number of urea groups is 1. The van der Waals surface area contributed by atoms with E-state index < -0.39 is 5.54 Å². The molecule has 3 amide bonds. The van der Waals surface area contributed by atoms with Crippen LogP contribution in [0.25, 0.3) is 10.9 Å². The number of nitrogens with one attached hydrogen (secondary N) is 4. The molecule has 1 atom stereocenters. The molecule has 0 fully saturated rings. The number of H-pyrrole nitrogens is 1. The van der Waals surface area contributed by atoms with E-state index in [-0.39, 0.29) is 29.2 Å². The highest BCUT2D eigenvalue weighted by Gasteiger charge is 2.44. The number of aryl methyl sites for hydroxylation is 1. The summed E-state index contributed by atoms with van der Waals surface area (Å²) < 4.78 is 0. The maximum atomic E-state index is 14.2. The first-order valence-electron chi connectivity index (χ1n) is 15.0. The predicted molar refractivity (Wildman–Crippen MR) is 170 cm³/mol. The molecule has 4 N–H and O–H groups in total. The van der Waals surface area contributed by atoms with E-state index in [2.05, 4.69) is 91.7 Å². The minimum atomic E-state index is -1.12. The number of amides is 3. The topological polar surface area (TPSA) is 98.9 Å². The lowest BCUT2D eigenvalue weighted by Gasteiger charge is -2.38. The number of rotatable bonds is 8. The molecule has 0 radical (unpaired) electrons. The minimum Gasteiger partial charge on any atom is -0.358 e. The van der Waals surface area contributed by atoms with Crippen LogP contribution in [0, 0.1) is 0 Å². The molecule has 1 aliphatic rings. The average molecular weight is 566 g/mol. The van der Waals surface area contributed by atoms with E-state index in [0.29, 0.717) is 25.8 Å². The van der Waals surface area contributed by atoms with E-state index in [1.807, 2.05) is 36.4 Å². The van der Waals surface area contributed by atoms with Gasteiger partial charge in [-0.05, 0) is 59.6 Å². The van der Waals surface area contributed by atoms with Crippen molar-refractivity contribution >= 4 is 28.5 Å². The lowest BCUT2D eigenvalue weighted by Crippen LogP contribution is -2.63. The third-order valence-corrected chi connectivity index (χ3v) is 8.63. The highest BCUT2D eigenvalue weighted by atomic mass is 16.2. The van der Waals surface area contributed by atoms with Crippen molar-refractivity contribution in [1.29, 1.82) is 0 Å². The van der Waals surface area contributed by atoms with E-state index in [1.54, 1.807) is 6.20 Å². The fourth-order valence-electron chi connectivity index (χ4n) is 6.14. The summed E-state index contributed by atoms with van der Waals surface area (Å²) in [5, 5.41) is 10.7. The molecule has 5 rings (SSSR count). The van der Waals surface area contributed by atoms with Crippen molar-refractivity contribution in [3.8, 4) is 0 Å². The fourth-order valence-corrected chi connectivity index (χ4v) is 6.14. The average Bonchev–Trinajstić information content (AvgIpc) is 3.34. The summed E-state index contributed by atoms with van der Waals surface area (Å²) >= 11 is 0. The second-order valence-electron chi connectivity index (χ2n) is 12.9. The molecule has 0 bridgehead atoms. The van der Waals surface area contributed by atoms with Gasteiger partial charge in [0.15, 0.2) is 0 Å². The Labute approximate surface area is 248 Å². The largest absolute Gasteiger partial charge is 0.358 e. The Balaban J connectivity index is 1.46. The Morgan fingerprint density at radius 1 is 0.952 bits per heavy atom. The molecule has 7 heteroatoms. The summed E-state index contributed by atoms with van der Waals surface area (Å²) in [6.07, 6.45) is 3.31. The number of nitrogens with zero attached hydrogens (tertiary/aromatic N) is 1. The number of fused-ring (bicyclic) bond motifs is 3. The molecule has 2 aromatic carbocycles. The zero-order valence-corrected chi connectivity index (χ0v) is 25.6. The van der Waals surface area contributed by atoms with Gasteiger partial charge in [0.05, 0.1) is 0 Å². The maximum absolute atomic E-state index is 14.2. The van der Waals surface area contributed by atoms with Gasteiger partial charge in [0.25, 0.3) is 0 Å². The highest BCUT2D eigenvalue weighted by Crippen LogP contribution is 2.36. The van der Waals surface area contributed by atoms with Crippen molar-refractivity contribution in [3.63, 3.8) is 0 Å². The summed E-state index contributed by atoms with van der Waals surface area (Å²) in [5.41, 5.74) is 5.64. The van der Waals surface area contributed by atoms with Crippen molar-refractivity contribution < 1.29 is 9.59 Å². The van der Waals surface area contributed by atoms with E-state index in [0.717, 1.165) is 44.7 Å². The van der Waals surface area contributed by atoms with Crippen LogP contribution >= 0.6 is 0 Å². The van der Waals surface area contributed by atoms with Crippen LogP contribution < -0.4 is 16.0 Å². The Hall–Kier alpha value is -4.13. The van der Waals surface area contributed by atoms with Crippen molar-refractivity contribution in [2.45, 2.75) is 83.6 Å². The third-order valence-electron chi connectivity index (χ3n) is 8.63. The first kappa shape index (κ1) is 29.4. The third kappa shape index (κ3) is 5.78. The number of carbonyl (C=O) groups is 2. The molecule has 1 aliphatic carbocycles. The van der Waals surface area contributed by atoms with Gasteiger partial charge in [-0.1, -0.05) is 84.0 Å². The number of hydrogen-bond donors (Lipinski definition) is 4. The summed E-state index contributed by atoms with van der Waals surface area (Å²) in [6.45, 7) is 13.0. The molecule has 2 heterocycles. The van der Waals surface area contributed by atoms with Gasteiger partial charge in [-0.3, -0.25) is 9.78 Å². The predicted octanol–water partition coefficient (Wildman–Crippen LogP) is 6.95. The molecule has 0 aliphatic heterocycles. The first-order chi connectivity index (χ1) is 20.0. The maximum Gasteiger partial charge on any atom is 0.320 e. The van der Waals surface area contributed by atoms with Crippen molar-refractivity contribution in [3.05, 3.63) is 94.9 Å². The first-order valence-corrected chi connectivity index (χ1v) is 15.0. The Morgan fingerprint density at radius 2 is 1.64 bits per heavy atom. The van der Waals surface area contributed by atoms with Crippen molar-refractivity contribution in [1.82, 2.24) is 20.6 Å². The highest BCUT2D eigenvalue weighted by molar-refractivity contribution is 5.98. The molecule has 42 heavy (non-hydrogen) atoms. The van der Waals surface area contributed by atoms with Crippen molar-refractivity contribution in [2.24, 2.45) is 0 Å². The number of benzene rings is 2. The molecule has 1 unspecified atom stereocenters. The van der Waals surface area contributed by atoms with Crippen LogP contribution in [0.2, 0.25) is 0 Å². The van der Waals surface area contributed by atoms with Crippen LogP contribution in [0.1, 0.15) is 87.9 Å². The second-order valence-corrected chi connectivity index (χ2v) is 12.9. The Morgan fingerprint density at radius 3 is 2.31 bits per heavy atom. The van der Waals surface area contributed by atoms with Gasteiger partial charge in [-0.25, -0.2) is 4.79 Å². The van der Waals surface area contributed by atoms with Gasteiger partial charge in [0.2, 0.25) is 5.91 Å². The molecule has 0 saturated heterocycles. The summed E-state index contributed by atoms with van der Waals surface area (Å²) in [7, 11) is 0. The molecule has 4 aromatic rings. The van der Waals surface area contributed by atoms with Gasteiger partial charge in [0.1, 0.15) is 5.54 Å². The Bertz CT molecular complexity index is 1560. The second kappa shape index (κ2) is 11.6. The number of pyridine rings is 1. The zero-order valence-electron chi connectivity index (χ0n) is 25.6. The van der Waals surface area contributed by atoms with Gasteiger partial charge in [-0.2, -0.15) is 0 Å². The van der Waals surface area contributed by atoms with Crippen LogP contribution in [0.5, 0.6) is 0 Å². The number of hydrogen-bond acceptors (Lipinski definition) is 3. The van der Waals surface area contributed by atoms with Crippen molar-refractivity contribution in [2.75, 3.05) is 11.9 Å². The Kier molecular flexibility index (Phi) is 8.13. The van der Waals surface area contributed by atoms with E-state index >= 15 is 0 Å². The normalized spacial score (nSPS) is 16.9. The lowest BCUT2D eigenvalue weighted by atomic mass is 9.78. The number of carbonyl (C=O) groups excluding carboxylic acids is 2. The number of aromatic nitrogens is 2. The van der Waals surface area contributed by atoms with Gasteiger partial charge < -0.3 is 20.9 Å². The number of aromatic amines is 1. The van der Waals surface area contributed by atoms with Gasteiger partial charge in [0, 0.05) is 52.6 Å². The number of para-hydroxylation sites is 2. The smallest absolute Gasteiger partial charge is 0.320 e. The molecule has 0 saturated carbocycles. The van der Waals surface area contributed by atoms with Crippen LogP contribution in [0.4, 0.5) is 10.5 Å². The fraction of sp³-hybridized carbons (Fsp3) is 0.400. The van der Waals surface area contributed by atoms with E-state index in [4.69, 9.17) is 0 Å². The lowest BCUT2D eigenvalue weighted by molar-refractivity contribution is -0.128. The van der Waals surface area contributed by atoms with E-state index in [1.165, 1.54) is 0 Å². The van der Waals surface area contributed by atoms with Crippen LogP contribution in [0.15, 0.2) is 66.9 Å². The summed E-state index contributed by atoms with van der Waals surface area (Å²) in [6, 6.07) is 19.8. The standard InChI is InChI=1S/C35H43N5O2/c1-22(2)24-13-11-14-25(23(3)4)31(24)39-33(42)40-35(32(41)37-21-34(5,6)30-16-9-10-19-36-30)18-17-29-27(20-35)26-12-7-8-15-28(26)38-29/h7-16,19,22-23,38H,17-18,20-21H2,1-6H3,(H,37,41)(H2,39,40,42). The molecular weight excluding hydrogens is 522 g/mol. The minimum absolute atomic E-state index is 0.182. The van der Waals surface area contributed by atoms with E-state index in [9.17, 15) is 9.59 Å². The molecular formula is C35H43N5O2. The van der Waals surface area contributed by atoms with Crippen LogP contribution in [-0.2, 0) is 23.1 Å².